The summed E-state index contributed by atoms with van der Waals surface area (Å²) in [6, 6.07) is 5.73. The first kappa shape index (κ1) is 16.1. The molecule has 0 radical (unpaired) electrons. The molecule has 0 amide bonds. The van der Waals surface area contributed by atoms with Crippen molar-refractivity contribution in [2.75, 3.05) is 25.6 Å². The summed E-state index contributed by atoms with van der Waals surface area (Å²) in [5.41, 5.74) is 6.95. The van der Waals surface area contributed by atoms with Crippen LogP contribution in [0.1, 0.15) is 18.5 Å². The fraction of sp³-hybridized carbons (Fsp3) is 0.538. The van der Waals surface area contributed by atoms with Crippen LogP contribution in [-0.4, -0.2) is 45.0 Å². The highest BCUT2D eigenvalue weighted by Gasteiger charge is 2.20. The van der Waals surface area contributed by atoms with Crippen LogP contribution in [0.25, 0.3) is 0 Å². The summed E-state index contributed by atoms with van der Waals surface area (Å²) in [6.07, 6.45) is 1.21. The van der Waals surface area contributed by atoms with Crippen LogP contribution in [0, 0.1) is 5.82 Å². The largest absolute Gasteiger partial charge is 0.323 e. The van der Waals surface area contributed by atoms with Crippen LogP contribution in [0.15, 0.2) is 24.3 Å². The van der Waals surface area contributed by atoms with E-state index in [4.69, 9.17) is 5.73 Å². The molecular formula is C13H21FN2O2S. The van der Waals surface area contributed by atoms with Crippen molar-refractivity contribution in [2.45, 2.75) is 19.0 Å². The summed E-state index contributed by atoms with van der Waals surface area (Å²) < 4.78 is 35.1. The lowest BCUT2D eigenvalue weighted by Crippen LogP contribution is -2.40. The lowest BCUT2D eigenvalue weighted by molar-refractivity contribution is 0.239. The van der Waals surface area contributed by atoms with Gasteiger partial charge in [0, 0.05) is 24.9 Å². The highest BCUT2D eigenvalue weighted by molar-refractivity contribution is 7.90. The van der Waals surface area contributed by atoms with Gasteiger partial charge in [0.15, 0.2) is 0 Å². The fourth-order valence-corrected chi connectivity index (χ4v) is 2.37. The number of nitrogens with two attached hydrogens (primary N) is 1. The standard InChI is InChI=1S/C13H21FN2O2S/c1-10(16(2)8-9-19(3,17)18)13(15)11-4-6-12(14)7-5-11/h4-7,10,13H,8-9,15H2,1-3H3. The van der Waals surface area contributed by atoms with Crippen LogP contribution >= 0.6 is 0 Å². The Labute approximate surface area is 114 Å². The average Bonchev–Trinajstić information content (AvgIpc) is 2.34. The maximum atomic E-state index is 12.8. The number of benzene rings is 1. The van der Waals surface area contributed by atoms with Crippen molar-refractivity contribution in [1.82, 2.24) is 4.90 Å². The molecule has 2 unspecified atom stereocenters. The van der Waals surface area contributed by atoms with Gasteiger partial charge in [0.05, 0.1) is 5.75 Å². The zero-order chi connectivity index (χ0) is 14.6. The second-order valence-corrected chi connectivity index (χ2v) is 7.19. The average molecular weight is 288 g/mol. The Kier molecular flexibility index (Phi) is 5.46. The van der Waals surface area contributed by atoms with Crippen LogP contribution in [0.5, 0.6) is 0 Å². The molecule has 108 valence electrons. The van der Waals surface area contributed by atoms with Crippen LogP contribution in [0.3, 0.4) is 0 Å². The third kappa shape index (κ3) is 5.26. The molecule has 6 heteroatoms. The zero-order valence-electron chi connectivity index (χ0n) is 11.5. The van der Waals surface area contributed by atoms with E-state index in [-0.39, 0.29) is 23.7 Å². The molecule has 0 aliphatic rings. The molecule has 4 nitrogen and oxygen atoms in total. The van der Waals surface area contributed by atoms with Crippen molar-refractivity contribution >= 4 is 9.84 Å². The van der Waals surface area contributed by atoms with E-state index in [0.717, 1.165) is 5.56 Å². The summed E-state index contributed by atoms with van der Waals surface area (Å²) in [5.74, 6) is -0.196. The molecule has 1 aromatic carbocycles. The quantitative estimate of drug-likeness (QED) is 0.854. The van der Waals surface area contributed by atoms with Gasteiger partial charge >= 0.3 is 0 Å². The number of hydrogen-bond acceptors (Lipinski definition) is 4. The maximum absolute atomic E-state index is 12.8. The van der Waals surface area contributed by atoms with Crippen LogP contribution in [-0.2, 0) is 9.84 Å². The molecule has 0 aliphatic carbocycles. The molecule has 0 aromatic heterocycles. The van der Waals surface area contributed by atoms with Gasteiger partial charge in [-0.05, 0) is 31.7 Å². The van der Waals surface area contributed by atoms with Crippen LogP contribution < -0.4 is 5.73 Å². The van der Waals surface area contributed by atoms with Crippen molar-refractivity contribution in [3.05, 3.63) is 35.6 Å². The maximum Gasteiger partial charge on any atom is 0.148 e. The van der Waals surface area contributed by atoms with Gasteiger partial charge in [-0.1, -0.05) is 12.1 Å². The Hall–Kier alpha value is -0.980. The van der Waals surface area contributed by atoms with Gasteiger partial charge in [0.25, 0.3) is 0 Å². The highest BCUT2D eigenvalue weighted by Crippen LogP contribution is 2.18. The topological polar surface area (TPSA) is 63.4 Å². The van der Waals surface area contributed by atoms with E-state index in [2.05, 4.69) is 0 Å². The van der Waals surface area contributed by atoms with Crippen molar-refractivity contribution in [3.63, 3.8) is 0 Å². The molecule has 0 aliphatic heterocycles. The number of likely N-dealkylation sites (N-methyl/N-ethyl adjacent to an activating group) is 1. The van der Waals surface area contributed by atoms with Crippen molar-refractivity contribution in [1.29, 1.82) is 0 Å². The smallest absolute Gasteiger partial charge is 0.148 e. The van der Waals surface area contributed by atoms with E-state index in [1.165, 1.54) is 18.4 Å². The summed E-state index contributed by atoms with van der Waals surface area (Å²) in [6.45, 7) is 2.35. The van der Waals surface area contributed by atoms with Gasteiger partial charge in [-0.15, -0.1) is 0 Å². The Bertz CT molecular complexity index is 502. The Morgan fingerprint density at radius 1 is 1.32 bits per heavy atom. The van der Waals surface area contributed by atoms with Gasteiger partial charge in [0.1, 0.15) is 15.7 Å². The normalized spacial score (nSPS) is 15.5. The Balaban J connectivity index is 2.65. The lowest BCUT2D eigenvalue weighted by atomic mass is 10.0. The first-order valence-corrected chi connectivity index (χ1v) is 8.16. The molecule has 0 spiro atoms. The summed E-state index contributed by atoms with van der Waals surface area (Å²) >= 11 is 0. The minimum Gasteiger partial charge on any atom is -0.323 e. The number of halogens is 1. The van der Waals surface area contributed by atoms with Crippen LogP contribution in [0.4, 0.5) is 4.39 Å². The van der Waals surface area contributed by atoms with Gasteiger partial charge in [-0.3, -0.25) is 0 Å². The third-order valence-electron chi connectivity index (χ3n) is 3.28. The lowest BCUT2D eigenvalue weighted by Gasteiger charge is -2.29. The monoisotopic (exact) mass is 288 g/mol. The molecule has 0 heterocycles. The number of nitrogens with zero attached hydrogens (tertiary/aromatic N) is 1. The molecule has 1 aromatic rings. The van der Waals surface area contributed by atoms with Crippen molar-refractivity contribution < 1.29 is 12.8 Å². The minimum atomic E-state index is -2.98. The summed E-state index contributed by atoms with van der Waals surface area (Å²) in [4.78, 5) is 1.90. The van der Waals surface area contributed by atoms with Gasteiger partial charge in [-0.25, -0.2) is 12.8 Å². The van der Waals surface area contributed by atoms with Crippen molar-refractivity contribution in [2.24, 2.45) is 5.73 Å². The molecule has 0 fully saturated rings. The highest BCUT2D eigenvalue weighted by atomic mass is 32.2. The Morgan fingerprint density at radius 3 is 2.32 bits per heavy atom. The second kappa shape index (κ2) is 6.45. The zero-order valence-corrected chi connectivity index (χ0v) is 12.3. The van der Waals surface area contributed by atoms with Crippen molar-refractivity contribution in [3.8, 4) is 0 Å². The predicted molar refractivity (Wildman–Crippen MR) is 75.1 cm³/mol. The number of rotatable bonds is 6. The second-order valence-electron chi connectivity index (χ2n) is 4.93. The van der Waals surface area contributed by atoms with Crippen LogP contribution in [0.2, 0.25) is 0 Å². The molecule has 0 bridgehead atoms. The van der Waals surface area contributed by atoms with Gasteiger partial charge in [-0.2, -0.15) is 0 Å². The SMILES string of the molecule is CC(C(N)c1ccc(F)cc1)N(C)CCS(C)(=O)=O. The van der Waals surface area contributed by atoms with E-state index in [1.54, 1.807) is 12.1 Å². The molecular weight excluding hydrogens is 267 g/mol. The van der Waals surface area contributed by atoms with E-state index >= 15 is 0 Å². The van der Waals surface area contributed by atoms with Gasteiger partial charge < -0.3 is 10.6 Å². The first-order chi connectivity index (χ1) is 8.70. The van der Waals surface area contributed by atoms with E-state index in [0.29, 0.717) is 6.54 Å². The minimum absolute atomic E-state index is 0.0350. The number of sulfone groups is 1. The van der Waals surface area contributed by atoms with E-state index in [9.17, 15) is 12.8 Å². The molecule has 2 N–H and O–H groups in total. The first-order valence-electron chi connectivity index (χ1n) is 6.09. The number of hydrogen-bond donors (Lipinski definition) is 1. The molecule has 2 atom stereocenters. The summed E-state index contributed by atoms with van der Waals surface area (Å²) in [7, 11) is -1.15. The van der Waals surface area contributed by atoms with E-state index < -0.39 is 9.84 Å². The summed E-state index contributed by atoms with van der Waals surface area (Å²) in [5, 5.41) is 0. The molecule has 19 heavy (non-hydrogen) atoms. The van der Waals surface area contributed by atoms with Gasteiger partial charge in [0.2, 0.25) is 0 Å². The Morgan fingerprint density at radius 2 is 1.84 bits per heavy atom. The molecule has 0 saturated carbocycles. The predicted octanol–water partition coefficient (Wildman–Crippen LogP) is 1.19. The van der Waals surface area contributed by atoms with E-state index in [1.807, 2.05) is 18.9 Å². The third-order valence-corrected chi connectivity index (χ3v) is 4.21. The fourth-order valence-electron chi connectivity index (χ4n) is 1.75. The molecule has 1 rings (SSSR count). The molecule has 0 saturated heterocycles.